The first-order valence-electron chi connectivity index (χ1n) is 11.1. The molecule has 1 aliphatic rings. The number of nitrogens with one attached hydrogen (secondary N) is 2. The Morgan fingerprint density at radius 3 is 2.79 bits per heavy atom. The van der Waals surface area contributed by atoms with E-state index in [-0.39, 0.29) is 5.56 Å². The van der Waals surface area contributed by atoms with Gasteiger partial charge in [-0.25, -0.2) is 19.3 Å². The van der Waals surface area contributed by atoms with E-state index < -0.39 is 5.60 Å². The highest BCUT2D eigenvalue weighted by molar-refractivity contribution is 5.77. The van der Waals surface area contributed by atoms with Crippen LogP contribution in [0.1, 0.15) is 37.6 Å². The highest BCUT2D eigenvalue weighted by Gasteiger charge is 2.22. The van der Waals surface area contributed by atoms with Crippen LogP contribution in [0, 0.1) is 0 Å². The molecule has 1 aromatic carbocycles. The summed E-state index contributed by atoms with van der Waals surface area (Å²) >= 11 is 0. The molecule has 0 amide bonds. The van der Waals surface area contributed by atoms with Crippen LogP contribution in [-0.2, 0) is 25.1 Å². The average molecular weight is 446 g/mol. The number of pyridine rings is 1. The summed E-state index contributed by atoms with van der Waals surface area (Å²) in [6.07, 6.45) is 2.54. The molecule has 170 valence electrons. The summed E-state index contributed by atoms with van der Waals surface area (Å²) in [7, 11) is 0. The van der Waals surface area contributed by atoms with E-state index in [1.54, 1.807) is 41.5 Å². The highest BCUT2D eigenvalue weighted by Crippen LogP contribution is 2.26. The van der Waals surface area contributed by atoms with Crippen LogP contribution in [-0.4, -0.2) is 36.0 Å². The van der Waals surface area contributed by atoms with Crippen molar-refractivity contribution in [3.63, 3.8) is 0 Å². The maximum Gasteiger partial charge on any atom is 0.278 e. The maximum absolute atomic E-state index is 13.1. The summed E-state index contributed by atoms with van der Waals surface area (Å²) in [6.45, 7) is 7.44. The van der Waals surface area contributed by atoms with Crippen LogP contribution in [0.5, 0.6) is 0 Å². The molecule has 0 unspecified atom stereocenters. The van der Waals surface area contributed by atoms with Crippen LogP contribution in [0.15, 0.2) is 47.4 Å². The zero-order chi connectivity index (χ0) is 23.2. The van der Waals surface area contributed by atoms with Crippen molar-refractivity contribution in [1.29, 1.82) is 0 Å². The zero-order valence-electron chi connectivity index (χ0n) is 19.0. The number of hydrogen-bond acceptors (Lipinski definition) is 7. The molecule has 3 aromatic heterocycles. The van der Waals surface area contributed by atoms with E-state index >= 15 is 0 Å². The lowest BCUT2D eigenvalue weighted by molar-refractivity contribution is 0.0738. The largest absolute Gasteiger partial charge is 0.384 e. The summed E-state index contributed by atoms with van der Waals surface area (Å²) in [5.41, 5.74) is 3.13. The van der Waals surface area contributed by atoms with Gasteiger partial charge in [-0.3, -0.25) is 4.79 Å². The lowest BCUT2D eigenvalue weighted by Gasteiger charge is -2.20. The van der Waals surface area contributed by atoms with Gasteiger partial charge in [0.1, 0.15) is 11.0 Å². The Kier molecular flexibility index (Phi) is 5.22. The third-order valence-electron chi connectivity index (χ3n) is 5.95. The number of rotatable bonds is 5. The molecule has 0 saturated heterocycles. The molecule has 0 radical (unpaired) electrons. The Bertz CT molecular complexity index is 1400. The van der Waals surface area contributed by atoms with Gasteiger partial charge in [0.25, 0.3) is 5.56 Å². The first-order valence-corrected chi connectivity index (χ1v) is 11.1. The van der Waals surface area contributed by atoms with Gasteiger partial charge in [0, 0.05) is 25.0 Å². The Hall–Kier alpha value is -3.56. The molecule has 0 bridgehead atoms. The fourth-order valence-electron chi connectivity index (χ4n) is 4.24. The molecule has 4 heterocycles. The number of nitrogens with zero attached hydrogens (tertiary/aromatic N) is 5. The Morgan fingerprint density at radius 2 is 2.00 bits per heavy atom. The van der Waals surface area contributed by atoms with Crippen LogP contribution >= 0.6 is 0 Å². The van der Waals surface area contributed by atoms with E-state index in [2.05, 4.69) is 26.7 Å². The van der Waals surface area contributed by atoms with Gasteiger partial charge in [-0.15, -0.1) is 0 Å². The monoisotopic (exact) mass is 445 g/mol. The van der Waals surface area contributed by atoms with Crippen molar-refractivity contribution in [1.82, 2.24) is 29.6 Å². The smallest absolute Gasteiger partial charge is 0.278 e. The van der Waals surface area contributed by atoms with Crippen molar-refractivity contribution in [2.24, 2.45) is 0 Å². The molecule has 3 N–H and O–H groups in total. The Balaban J connectivity index is 1.64. The lowest BCUT2D eigenvalue weighted by Crippen LogP contribution is -2.24. The van der Waals surface area contributed by atoms with Gasteiger partial charge in [-0.1, -0.05) is 18.2 Å². The van der Waals surface area contributed by atoms with Crippen LogP contribution in [0.3, 0.4) is 0 Å². The van der Waals surface area contributed by atoms with Crippen LogP contribution < -0.4 is 16.2 Å². The van der Waals surface area contributed by atoms with Crippen molar-refractivity contribution < 1.29 is 5.11 Å². The molecule has 33 heavy (non-hydrogen) atoms. The molecule has 1 aliphatic heterocycles. The predicted octanol–water partition coefficient (Wildman–Crippen LogP) is 2.61. The van der Waals surface area contributed by atoms with Gasteiger partial charge < -0.3 is 15.7 Å². The number of fused-ring (bicyclic) bond motifs is 2. The summed E-state index contributed by atoms with van der Waals surface area (Å²) in [4.78, 5) is 26.8. The molecule has 5 rings (SSSR count). The van der Waals surface area contributed by atoms with Gasteiger partial charge in [-0.2, -0.15) is 4.98 Å². The Morgan fingerprint density at radius 1 is 1.18 bits per heavy atom. The quantitative estimate of drug-likeness (QED) is 0.433. The molecule has 0 saturated carbocycles. The van der Waals surface area contributed by atoms with Crippen LogP contribution in [0.4, 0.5) is 11.6 Å². The number of anilines is 2. The lowest BCUT2D eigenvalue weighted by atomic mass is 9.99. The summed E-state index contributed by atoms with van der Waals surface area (Å²) in [5.74, 6) is 0.914. The minimum absolute atomic E-state index is 0.184. The molecular formula is C24H27N7O2. The third kappa shape index (κ3) is 3.79. The minimum Gasteiger partial charge on any atom is -0.384 e. The second kappa shape index (κ2) is 8.09. The fourth-order valence-corrected chi connectivity index (χ4v) is 4.24. The third-order valence-corrected chi connectivity index (χ3v) is 5.95. The second-order valence-corrected chi connectivity index (χ2v) is 8.70. The van der Waals surface area contributed by atoms with Gasteiger partial charge in [0.05, 0.1) is 5.69 Å². The molecule has 9 heteroatoms. The Labute approximate surface area is 191 Å². The summed E-state index contributed by atoms with van der Waals surface area (Å²) < 4.78 is 3.27. The van der Waals surface area contributed by atoms with E-state index in [0.29, 0.717) is 35.0 Å². The molecule has 0 aliphatic carbocycles. The van der Waals surface area contributed by atoms with Crippen molar-refractivity contribution in [3.05, 3.63) is 69.8 Å². The standard InChI is InChI=1S/C24H27N7O2/c1-4-30-22(32)17-14-26-23(27-18-8-5-7-15-11-12-25-13-16(15)18)29-21(17)31(30)20-10-6-9-19(28-20)24(2,3)33/h5-10,14,25,33H,4,11-13H2,1-3H3,(H,26,27,29). The number of aromatic nitrogens is 5. The molecule has 0 fully saturated rings. The van der Waals surface area contributed by atoms with Crippen molar-refractivity contribution in [2.75, 3.05) is 11.9 Å². The summed E-state index contributed by atoms with van der Waals surface area (Å²) in [5, 5.41) is 17.6. The van der Waals surface area contributed by atoms with Gasteiger partial charge in [0.15, 0.2) is 11.5 Å². The van der Waals surface area contributed by atoms with E-state index in [4.69, 9.17) is 4.98 Å². The molecular weight excluding hydrogens is 418 g/mol. The van der Waals surface area contributed by atoms with Crippen LogP contribution in [0.2, 0.25) is 0 Å². The first kappa shape index (κ1) is 21.3. The van der Waals surface area contributed by atoms with Gasteiger partial charge in [-0.05, 0) is 63.1 Å². The molecule has 4 aromatic rings. The van der Waals surface area contributed by atoms with Gasteiger partial charge >= 0.3 is 0 Å². The van der Waals surface area contributed by atoms with Crippen molar-refractivity contribution in [3.8, 4) is 5.82 Å². The average Bonchev–Trinajstić information content (AvgIpc) is 3.10. The van der Waals surface area contributed by atoms with Crippen molar-refractivity contribution in [2.45, 2.75) is 45.9 Å². The first-order chi connectivity index (χ1) is 15.9. The maximum atomic E-state index is 13.1. The van der Waals surface area contributed by atoms with E-state index in [0.717, 1.165) is 25.2 Å². The van der Waals surface area contributed by atoms with Crippen molar-refractivity contribution >= 4 is 22.7 Å². The molecule has 0 spiro atoms. The number of benzene rings is 1. The van der Waals surface area contributed by atoms with Gasteiger partial charge in [0.2, 0.25) is 5.95 Å². The number of aliphatic hydroxyl groups is 1. The van der Waals surface area contributed by atoms with E-state index in [1.165, 1.54) is 11.1 Å². The van der Waals surface area contributed by atoms with Crippen LogP contribution in [0.25, 0.3) is 16.9 Å². The van der Waals surface area contributed by atoms with E-state index in [9.17, 15) is 9.90 Å². The zero-order valence-corrected chi connectivity index (χ0v) is 19.0. The minimum atomic E-state index is -1.11. The number of hydrogen-bond donors (Lipinski definition) is 3. The molecule has 0 atom stereocenters. The predicted molar refractivity (Wildman–Crippen MR) is 127 cm³/mol. The topological polar surface area (TPSA) is 110 Å². The SMILES string of the molecule is CCn1c(=O)c2cnc(Nc3cccc4c3CNCC4)nc2n1-c1cccc(C(C)(C)O)n1. The second-order valence-electron chi connectivity index (χ2n) is 8.70. The fraction of sp³-hybridized carbons (Fsp3) is 0.333. The highest BCUT2D eigenvalue weighted by atomic mass is 16.3. The summed E-state index contributed by atoms with van der Waals surface area (Å²) in [6, 6.07) is 11.6. The normalized spacial score (nSPS) is 13.8. The van der Waals surface area contributed by atoms with E-state index in [1.807, 2.05) is 25.1 Å². The molecule has 9 nitrogen and oxygen atoms in total.